The van der Waals surface area contributed by atoms with E-state index in [4.69, 9.17) is 0 Å². The summed E-state index contributed by atoms with van der Waals surface area (Å²) in [6.45, 7) is 3.80. The van der Waals surface area contributed by atoms with Crippen LogP contribution in [0.15, 0.2) is 60.4 Å². The van der Waals surface area contributed by atoms with Gasteiger partial charge in [-0.3, -0.25) is 4.90 Å². The van der Waals surface area contributed by atoms with Gasteiger partial charge in [0.15, 0.2) is 5.82 Å². The minimum atomic E-state index is -0.212. The fourth-order valence-electron chi connectivity index (χ4n) is 4.18. The quantitative estimate of drug-likeness (QED) is 0.492. The van der Waals surface area contributed by atoms with Gasteiger partial charge in [-0.2, -0.15) is 5.26 Å². The van der Waals surface area contributed by atoms with E-state index >= 15 is 0 Å². The Labute approximate surface area is 171 Å². The molecule has 0 amide bonds. The Morgan fingerprint density at radius 1 is 1.17 bits per heavy atom. The number of allylic oxidation sites excluding steroid dienone is 1. The number of fused-ring (bicyclic) bond motifs is 1. The summed E-state index contributed by atoms with van der Waals surface area (Å²) in [7, 11) is 0. The van der Waals surface area contributed by atoms with Gasteiger partial charge in [0.25, 0.3) is 0 Å². The van der Waals surface area contributed by atoms with Crippen LogP contribution in [0.25, 0.3) is 16.6 Å². The van der Waals surface area contributed by atoms with Crippen molar-refractivity contribution >= 4 is 16.6 Å². The molecule has 1 atom stereocenters. The molecule has 5 nitrogen and oxygen atoms in total. The second-order valence-electron chi connectivity index (χ2n) is 7.82. The number of nitrogens with one attached hydrogen (secondary N) is 1. The van der Waals surface area contributed by atoms with Gasteiger partial charge in [-0.05, 0) is 62.9 Å². The lowest BCUT2D eigenvalue weighted by molar-refractivity contribution is 0.132. The van der Waals surface area contributed by atoms with Gasteiger partial charge >= 0.3 is 0 Å². The number of rotatable bonds is 5. The van der Waals surface area contributed by atoms with E-state index in [2.05, 4.69) is 51.3 Å². The Morgan fingerprint density at radius 3 is 2.55 bits per heavy atom. The fraction of sp³-hybridized carbons (Fsp3) is 0.333. The predicted molar refractivity (Wildman–Crippen MR) is 115 cm³/mol. The Hall–Kier alpha value is -3.10. The number of nitriles is 1. The number of imidazole rings is 1. The largest absolute Gasteiger partial charge is 0.509 e. The molecule has 2 N–H and O–H groups in total. The van der Waals surface area contributed by atoms with Gasteiger partial charge in [0, 0.05) is 0 Å². The highest BCUT2D eigenvalue weighted by molar-refractivity contribution is 5.83. The van der Waals surface area contributed by atoms with E-state index in [0.29, 0.717) is 11.7 Å². The molecular formula is C24H26N4O. The average molecular weight is 386 g/mol. The van der Waals surface area contributed by atoms with E-state index in [-0.39, 0.29) is 17.4 Å². The van der Waals surface area contributed by atoms with E-state index < -0.39 is 0 Å². The van der Waals surface area contributed by atoms with Gasteiger partial charge in [-0.1, -0.05) is 42.5 Å². The highest BCUT2D eigenvalue weighted by Gasteiger charge is 2.27. The maximum atomic E-state index is 10.9. The molecule has 1 saturated heterocycles. The zero-order valence-electron chi connectivity index (χ0n) is 16.7. The van der Waals surface area contributed by atoms with Crippen molar-refractivity contribution in [1.82, 2.24) is 14.9 Å². The first-order chi connectivity index (χ1) is 14.2. The smallest absolute Gasteiger partial charge is 0.152 e. The summed E-state index contributed by atoms with van der Waals surface area (Å²) in [6.07, 6.45) is 3.30. The monoisotopic (exact) mass is 386 g/mol. The van der Waals surface area contributed by atoms with Crippen molar-refractivity contribution in [2.24, 2.45) is 5.92 Å². The first kappa shape index (κ1) is 19.2. The third-order valence-corrected chi connectivity index (χ3v) is 5.95. The molecule has 0 bridgehead atoms. The van der Waals surface area contributed by atoms with Gasteiger partial charge < -0.3 is 10.1 Å². The van der Waals surface area contributed by atoms with Crippen molar-refractivity contribution < 1.29 is 5.11 Å². The number of aliphatic hydroxyl groups excluding tert-OH is 1. The van der Waals surface area contributed by atoms with Crippen molar-refractivity contribution in [1.29, 1.82) is 5.26 Å². The number of aromatic nitrogens is 2. The highest BCUT2D eigenvalue weighted by atomic mass is 16.3. The topological polar surface area (TPSA) is 75.9 Å². The predicted octanol–water partition coefficient (Wildman–Crippen LogP) is 4.70. The summed E-state index contributed by atoms with van der Waals surface area (Å²) in [5.41, 5.74) is 3.26. The van der Waals surface area contributed by atoms with Crippen LogP contribution in [0.4, 0.5) is 0 Å². The maximum Gasteiger partial charge on any atom is 0.152 e. The first-order valence-corrected chi connectivity index (χ1v) is 10.2. The molecule has 2 heterocycles. The molecule has 1 aliphatic rings. The number of likely N-dealkylation sites (tertiary alicyclic amines) is 1. The number of para-hydroxylation sites is 2. The molecule has 1 fully saturated rings. The molecule has 0 radical (unpaired) electrons. The summed E-state index contributed by atoms with van der Waals surface area (Å²) in [6, 6.07) is 20.2. The number of hydrogen-bond donors (Lipinski definition) is 2. The van der Waals surface area contributed by atoms with Gasteiger partial charge in [-0.25, -0.2) is 4.98 Å². The average Bonchev–Trinajstić information content (AvgIpc) is 3.18. The summed E-state index contributed by atoms with van der Waals surface area (Å²) in [5.74, 6) is 1.18. The third-order valence-electron chi connectivity index (χ3n) is 5.95. The highest BCUT2D eigenvalue weighted by Crippen LogP contribution is 2.27. The summed E-state index contributed by atoms with van der Waals surface area (Å²) < 4.78 is 0. The van der Waals surface area contributed by atoms with Gasteiger partial charge in [0.05, 0.1) is 17.1 Å². The van der Waals surface area contributed by atoms with Crippen molar-refractivity contribution in [3.8, 4) is 6.07 Å². The number of hydrogen-bond acceptors (Lipinski definition) is 4. The molecule has 148 valence electrons. The SMILES string of the molecule is C[C@@H](/C(O)=C(\C#N)c1nc2ccccc2[nH]1)N1CCC(Cc2ccccc2)CC1. The summed E-state index contributed by atoms with van der Waals surface area (Å²) in [5, 5.41) is 20.5. The van der Waals surface area contributed by atoms with Gasteiger partial charge in [-0.15, -0.1) is 0 Å². The number of benzene rings is 2. The van der Waals surface area contributed by atoms with Gasteiger partial charge in [0.2, 0.25) is 0 Å². The Balaban J connectivity index is 1.45. The molecule has 0 spiro atoms. The van der Waals surface area contributed by atoms with Crippen molar-refractivity contribution in [2.75, 3.05) is 13.1 Å². The fourth-order valence-corrected chi connectivity index (χ4v) is 4.18. The van der Waals surface area contributed by atoms with Crippen molar-refractivity contribution in [3.05, 3.63) is 71.7 Å². The van der Waals surface area contributed by atoms with Crippen LogP contribution < -0.4 is 0 Å². The second-order valence-corrected chi connectivity index (χ2v) is 7.82. The molecule has 2 aromatic carbocycles. The molecule has 29 heavy (non-hydrogen) atoms. The Kier molecular flexibility index (Phi) is 5.64. The zero-order valence-corrected chi connectivity index (χ0v) is 16.7. The number of aliphatic hydroxyl groups is 1. The molecule has 0 unspecified atom stereocenters. The number of H-pyrrole nitrogens is 1. The number of aromatic amines is 1. The minimum absolute atomic E-state index is 0.0908. The van der Waals surface area contributed by atoms with Gasteiger partial charge in [0.1, 0.15) is 17.4 Å². The van der Waals surface area contributed by atoms with E-state index in [9.17, 15) is 10.4 Å². The number of nitrogens with zero attached hydrogens (tertiary/aromatic N) is 3. The lowest BCUT2D eigenvalue weighted by Crippen LogP contribution is -2.41. The Morgan fingerprint density at radius 2 is 1.86 bits per heavy atom. The van der Waals surface area contributed by atoms with Crippen LogP contribution >= 0.6 is 0 Å². The molecule has 3 aromatic rings. The maximum absolute atomic E-state index is 10.9. The first-order valence-electron chi connectivity index (χ1n) is 10.2. The van der Waals surface area contributed by atoms with E-state index in [1.54, 1.807) is 0 Å². The van der Waals surface area contributed by atoms with Crippen LogP contribution in [0.3, 0.4) is 0 Å². The molecule has 4 rings (SSSR count). The molecule has 1 aliphatic heterocycles. The van der Waals surface area contributed by atoms with E-state index in [1.165, 1.54) is 5.56 Å². The standard InChI is InChI=1S/C24H26N4O/c1-17(28-13-11-19(12-14-28)15-18-7-3-2-4-8-18)23(29)20(16-25)24-26-21-9-5-6-10-22(21)27-24/h2-10,17,19,29H,11-15H2,1H3,(H,26,27)/b23-20-/t17-/m0/s1. The molecule has 5 heteroatoms. The van der Waals surface area contributed by atoms with Crippen LogP contribution in [0.2, 0.25) is 0 Å². The summed E-state index contributed by atoms with van der Waals surface area (Å²) >= 11 is 0. The molecule has 0 saturated carbocycles. The third kappa shape index (κ3) is 4.18. The van der Waals surface area contributed by atoms with Crippen LogP contribution in [-0.4, -0.2) is 39.1 Å². The Bertz CT molecular complexity index is 1010. The molecule has 1 aromatic heterocycles. The molecule has 0 aliphatic carbocycles. The van der Waals surface area contributed by atoms with Crippen LogP contribution in [-0.2, 0) is 6.42 Å². The normalized spacial score (nSPS) is 17.7. The second kappa shape index (κ2) is 8.50. The van der Waals surface area contributed by atoms with Crippen LogP contribution in [0.1, 0.15) is 31.2 Å². The molecular weight excluding hydrogens is 360 g/mol. The lowest BCUT2D eigenvalue weighted by Gasteiger charge is -2.36. The summed E-state index contributed by atoms with van der Waals surface area (Å²) in [4.78, 5) is 9.89. The van der Waals surface area contributed by atoms with Crippen LogP contribution in [0, 0.1) is 17.2 Å². The van der Waals surface area contributed by atoms with Crippen molar-refractivity contribution in [3.63, 3.8) is 0 Å². The zero-order chi connectivity index (χ0) is 20.2. The van der Waals surface area contributed by atoms with E-state index in [1.807, 2.05) is 31.2 Å². The number of piperidine rings is 1. The minimum Gasteiger partial charge on any atom is -0.509 e. The lowest BCUT2D eigenvalue weighted by atomic mass is 9.89. The van der Waals surface area contributed by atoms with E-state index in [0.717, 1.165) is 43.4 Å². The van der Waals surface area contributed by atoms with Crippen LogP contribution in [0.5, 0.6) is 0 Å². The van der Waals surface area contributed by atoms with Crippen molar-refractivity contribution in [2.45, 2.75) is 32.2 Å².